The lowest BCUT2D eigenvalue weighted by Gasteiger charge is -2.27. The van der Waals surface area contributed by atoms with E-state index in [9.17, 15) is 0 Å². The summed E-state index contributed by atoms with van der Waals surface area (Å²) < 4.78 is 2.55. The number of aromatic nitrogens is 1. The smallest absolute Gasteiger partial charge is 0.0485 e. The number of para-hydroxylation sites is 1. The van der Waals surface area contributed by atoms with Gasteiger partial charge in [-0.3, -0.25) is 0 Å². The Morgan fingerprint density at radius 2 is 1.66 bits per heavy atom. The highest BCUT2D eigenvalue weighted by atomic mass is 15.1. The summed E-state index contributed by atoms with van der Waals surface area (Å²) >= 11 is 0. The van der Waals surface area contributed by atoms with Crippen molar-refractivity contribution in [2.75, 3.05) is 19.6 Å². The molecule has 2 aromatic carbocycles. The van der Waals surface area contributed by atoms with Crippen LogP contribution in [-0.4, -0.2) is 29.1 Å². The second-order valence-electron chi connectivity index (χ2n) is 8.47. The number of likely N-dealkylation sites (tertiary alicyclic amines) is 1. The monoisotopic (exact) mass is 386 g/mol. The van der Waals surface area contributed by atoms with Crippen LogP contribution in [0.5, 0.6) is 0 Å². The van der Waals surface area contributed by atoms with Crippen LogP contribution >= 0.6 is 0 Å². The van der Waals surface area contributed by atoms with E-state index in [0.717, 1.165) is 25.9 Å². The van der Waals surface area contributed by atoms with Crippen LogP contribution in [0.4, 0.5) is 0 Å². The van der Waals surface area contributed by atoms with E-state index >= 15 is 0 Å². The van der Waals surface area contributed by atoms with Gasteiger partial charge in [0.2, 0.25) is 0 Å². The summed E-state index contributed by atoms with van der Waals surface area (Å²) in [5.74, 6) is 0. The summed E-state index contributed by atoms with van der Waals surface area (Å²) in [6, 6.07) is 17.9. The van der Waals surface area contributed by atoms with Gasteiger partial charge in [-0.05, 0) is 74.0 Å². The SMILES string of the molecule is C=C(CC)c1ccc(Cc2c(C)n(CCN3CCCCC3)c3ccccc23)cc1. The van der Waals surface area contributed by atoms with Crippen molar-refractivity contribution in [3.8, 4) is 0 Å². The molecule has 0 aliphatic carbocycles. The fourth-order valence-corrected chi connectivity index (χ4v) is 4.70. The van der Waals surface area contributed by atoms with Crippen molar-refractivity contribution in [3.05, 3.63) is 77.5 Å². The van der Waals surface area contributed by atoms with E-state index in [2.05, 4.69) is 78.4 Å². The van der Waals surface area contributed by atoms with Gasteiger partial charge in [-0.15, -0.1) is 0 Å². The molecule has 1 aliphatic rings. The lowest BCUT2D eigenvalue weighted by atomic mass is 9.98. The molecule has 4 rings (SSSR count). The summed E-state index contributed by atoms with van der Waals surface area (Å²) in [6.07, 6.45) is 6.11. The molecule has 0 saturated carbocycles. The Morgan fingerprint density at radius 1 is 0.931 bits per heavy atom. The molecular weight excluding hydrogens is 352 g/mol. The standard InChI is InChI=1S/C27H34N2/c1-4-21(2)24-14-12-23(13-15-24)20-26-22(3)29(27-11-7-6-10-25(26)27)19-18-28-16-8-5-9-17-28/h6-7,10-15H,2,4-5,8-9,16-20H2,1,3H3. The molecule has 0 atom stereocenters. The second kappa shape index (κ2) is 9.00. The molecule has 29 heavy (non-hydrogen) atoms. The maximum Gasteiger partial charge on any atom is 0.0485 e. The van der Waals surface area contributed by atoms with E-state index in [1.807, 2.05) is 0 Å². The maximum atomic E-state index is 4.17. The normalized spacial score (nSPS) is 15.1. The molecule has 1 aromatic heterocycles. The second-order valence-corrected chi connectivity index (χ2v) is 8.47. The largest absolute Gasteiger partial charge is 0.343 e. The fourth-order valence-electron chi connectivity index (χ4n) is 4.70. The first-order valence-corrected chi connectivity index (χ1v) is 11.2. The molecule has 1 aliphatic heterocycles. The minimum Gasteiger partial charge on any atom is -0.343 e. The number of hydrogen-bond acceptors (Lipinski definition) is 1. The first kappa shape index (κ1) is 20.0. The summed E-state index contributed by atoms with van der Waals surface area (Å²) in [5, 5.41) is 1.41. The van der Waals surface area contributed by atoms with Crippen LogP contribution in [0.25, 0.3) is 16.5 Å². The van der Waals surface area contributed by atoms with Crippen LogP contribution in [0.2, 0.25) is 0 Å². The van der Waals surface area contributed by atoms with E-state index < -0.39 is 0 Å². The van der Waals surface area contributed by atoms with Crippen LogP contribution < -0.4 is 0 Å². The topological polar surface area (TPSA) is 8.17 Å². The zero-order valence-electron chi connectivity index (χ0n) is 18.1. The molecule has 1 saturated heterocycles. The van der Waals surface area contributed by atoms with Crippen molar-refractivity contribution in [1.29, 1.82) is 0 Å². The van der Waals surface area contributed by atoms with Gasteiger partial charge in [0.15, 0.2) is 0 Å². The molecule has 0 amide bonds. The van der Waals surface area contributed by atoms with Gasteiger partial charge in [-0.2, -0.15) is 0 Å². The van der Waals surface area contributed by atoms with Crippen molar-refractivity contribution < 1.29 is 0 Å². The van der Waals surface area contributed by atoms with Crippen molar-refractivity contribution >= 4 is 16.5 Å². The molecular formula is C27H34N2. The predicted molar refractivity (Wildman–Crippen MR) is 126 cm³/mol. The Bertz CT molecular complexity index is 972. The summed E-state index contributed by atoms with van der Waals surface area (Å²) in [4.78, 5) is 2.64. The van der Waals surface area contributed by atoms with Crippen LogP contribution in [0.3, 0.4) is 0 Å². The van der Waals surface area contributed by atoms with E-state index in [0.29, 0.717) is 0 Å². The van der Waals surface area contributed by atoms with Gasteiger partial charge in [0.25, 0.3) is 0 Å². The molecule has 0 unspecified atom stereocenters. The quantitative estimate of drug-likeness (QED) is 0.453. The van der Waals surface area contributed by atoms with E-state index in [-0.39, 0.29) is 0 Å². The Balaban J connectivity index is 1.59. The van der Waals surface area contributed by atoms with Crippen LogP contribution in [0.15, 0.2) is 55.1 Å². The number of allylic oxidation sites excluding steroid dienone is 1. The average molecular weight is 387 g/mol. The average Bonchev–Trinajstić information content (AvgIpc) is 3.04. The van der Waals surface area contributed by atoms with Gasteiger partial charge < -0.3 is 9.47 Å². The fraction of sp³-hybridized carbons (Fsp3) is 0.407. The zero-order valence-corrected chi connectivity index (χ0v) is 18.1. The predicted octanol–water partition coefficient (Wildman–Crippen LogP) is 6.45. The number of hydrogen-bond donors (Lipinski definition) is 0. The molecule has 0 spiro atoms. The Hall–Kier alpha value is -2.32. The van der Waals surface area contributed by atoms with Gasteiger partial charge in [0.1, 0.15) is 0 Å². The summed E-state index contributed by atoms with van der Waals surface area (Å²) in [5.41, 5.74) is 8.12. The first-order valence-electron chi connectivity index (χ1n) is 11.2. The lowest BCUT2D eigenvalue weighted by molar-refractivity contribution is 0.221. The molecule has 2 nitrogen and oxygen atoms in total. The van der Waals surface area contributed by atoms with E-state index in [4.69, 9.17) is 0 Å². The van der Waals surface area contributed by atoms with Gasteiger partial charge in [-0.1, -0.05) is 62.4 Å². The highest BCUT2D eigenvalue weighted by Gasteiger charge is 2.16. The van der Waals surface area contributed by atoms with Gasteiger partial charge in [-0.25, -0.2) is 0 Å². The lowest BCUT2D eigenvalue weighted by Crippen LogP contribution is -2.32. The van der Waals surface area contributed by atoms with Crippen molar-refractivity contribution in [2.24, 2.45) is 0 Å². The zero-order chi connectivity index (χ0) is 20.2. The first-order chi connectivity index (χ1) is 14.2. The van der Waals surface area contributed by atoms with E-state index in [1.54, 1.807) is 0 Å². The third-order valence-electron chi connectivity index (χ3n) is 6.62. The van der Waals surface area contributed by atoms with Crippen molar-refractivity contribution in [1.82, 2.24) is 9.47 Å². The molecule has 1 fully saturated rings. The summed E-state index contributed by atoms with van der Waals surface area (Å²) in [7, 11) is 0. The minimum absolute atomic E-state index is 0.988. The van der Waals surface area contributed by atoms with Crippen LogP contribution in [-0.2, 0) is 13.0 Å². The molecule has 0 bridgehead atoms. The Labute approximate surface area is 175 Å². The molecule has 0 radical (unpaired) electrons. The highest BCUT2D eigenvalue weighted by molar-refractivity contribution is 5.86. The number of benzene rings is 2. The number of piperidine rings is 1. The van der Waals surface area contributed by atoms with Crippen LogP contribution in [0.1, 0.15) is 55.0 Å². The van der Waals surface area contributed by atoms with Gasteiger partial charge in [0, 0.05) is 29.7 Å². The van der Waals surface area contributed by atoms with Gasteiger partial charge >= 0.3 is 0 Å². The minimum atomic E-state index is 0.988. The molecule has 2 heteroatoms. The molecule has 152 valence electrons. The molecule has 3 aromatic rings. The number of fused-ring (bicyclic) bond motifs is 1. The Morgan fingerprint density at radius 3 is 2.38 bits per heavy atom. The molecule has 2 heterocycles. The number of rotatable bonds is 7. The number of nitrogens with zero attached hydrogens (tertiary/aromatic N) is 2. The third-order valence-corrected chi connectivity index (χ3v) is 6.62. The highest BCUT2D eigenvalue weighted by Crippen LogP contribution is 2.29. The van der Waals surface area contributed by atoms with Gasteiger partial charge in [0.05, 0.1) is 0 Å². The Kier molecular flexibility index (Phi) is 6.20. The third kappa shape index (κ3) is 4.33. The van der Waals surface area contributed by atoms with Crippen LogP contribution in [0, 0.1) is 6.92 Å². The maximum absolute atomic E-state index is 4.17. The summed E-state index contributed by atoms with van der Waals surface area (Å²) in [6.45, 7) is 13.4. The molecule has 0 N–H and O–H groups in total. The van der Waals surface area contributed by atoms with Crippen molar-refractivity contribution in [2.45, 2.75) is 52.5 Å². The van der Waals surface area contributed by atoms with Crippen molar-refractivity contribution in [3.63, 3.8) is 0 Å². The van der Waals surface area contributed by atoms with E-state index in [1.165, 1.54) is 71.2 Å².